The lowest BCUT2D eigenvalue weighted by molar-refractivity contribution is 0.343. The first kappa shape index (κ1) is 13.1. The van der Waals surface area contributed by atoms with Crippen molar-refractivity contribution in [3.8, 4) is 17.1 Å². The van der Waals surface area contributed by atoms with Gasteiger partial charge >= 0.3 is 0 Å². The molecule has 1 atom stereocenters. The molecule has 1 aliphatic heterocycles. The average molecular weight is 273 g/mol. The number of methoxy groups -OCH3 is 1. The monoisotopic (exact) mass is 273 g/mol. The van der Waals surface area contributed by atoms with Crippen molar-refractivity contribution in [3.63, 3.8) is 0 Å². The van der Waals surface area contributed by atoms with E-state index >= 15 is 0 Å². The molecule has 0 N–H and O–H groups in total. The molecule has 0 radical (unpaired) electrons. The van der Waals surface area contributed by atoms with Gasteiger partial charge in [0.2, 0.25) is 11.7 Å². The third-order valence-corrected chi connectivity index (χ3v) is 3.77. The predicted molar refractivity (Wildman–Crippen MR) is 75.6 cm³/mol. The van der Waals surface area contributed by atoms with Crippen molar-refractivity contribution < 1.29 is 9.26 Å². The number of ether oxygens (including phenoxy) is 1. The van der Waals surface area contributed by atoms with E-state index in [1.54, 1.807) is 7.11 Å². The Morgan fingerprint density at radius 1 is 1.35 bits per heavy atom. The Morgan fingerprint density at radius 2 is 2.15 bits per heavy atom. The minimum atomic E-state index is 0.629. The summed E-state index contributed by atoms with van der Waals surface area (Å²) in [5.74, 6) is 2.83. The highest BCUT2D eigenvalue weighted by molar-refractivity contribution is 5.55. The van der Waals surface area contributed by atoms with Crippen molar-refractivity contribution in [2.45, 2.75) is 12.8 Å². The summed E-state index contributed by atoms with van der Waals surface area (Å²) >= 11 is 0. The van der Waals surface area contributed by atoms with Gasteiger partial charge in [-0.1, -0.05) is 5.16 Å². The predicted octanol–water partition coefficient (Wildman–Crippen LogP) is 2.24. The summed E-state index contributed by atoms with van der Waals surface area (Å²) in [7, 11) is 3.80. The fourth-order valence-electron chi connectivity index (χ4n) is 2.63. The number of nitrogens with zero attached hydrogens (tertiary/aromatic N) is 3. The summed E-state index contributed by atoms with van der Waals surface area (Å²) in [6, 6.07) is 7.68. The number of hydrogen-bond acceptors (Lipinski definition) is 5. The summed E-state index contributed by atoms with van der Waals surface area (Å²) in [4.78, 5) is 6.83. The third kappa shape index (κ3) is 2.82. The van der Waals surface area contributed by atoms with Crippen LogP contribution in [-0.2, 0) is 6.42 Å². The second-order valence-corrected chi connectivity index (χ2v) is 5.36. The zero-order valence-electron chi connectivity index (χ0n) is 11.9. The van der Waals surface area contributed by atoms with Crippen LogP contribution in [-0.4, -0.2) is 42.3 Å². The molecule has 1 fully saturated rings. The molecule has 1 aromatic heterocycles. The second kappa shape index (κ2) is 5.63. The van der Waals surface area contributed by atoms with Gasteiger partial charge in [-0.15, -0.1) is 0 Å². The highest BCUT2D eigenvalue weighted by Gasteiger charge is 2.22. The van der Waals surface area contributed by atoms with Crippen molar-refractivity contribution >= 4 is 0 Å². The van der Waals surface area contributed by atoms with E-state index in [0.29, 0.717) is 11.7 Å². The molecule has 106 valence electrons. The molecule has 0 aliphatic carbocycles. The average Bonchev–Trinajstić information content (AvgIpc) is 3.09. The summed E-state index contributed by atoms with van der Waals surface area (Å²) in [6.07, 6.45) is 2.07. The minimum absolute atomic E-state index is 0.629. The zero-order chi connectivity index (χ0) is 13.9. The number of hydrogen-bond donors (Lipinski definition) is 0. The highest BCUT2D eigenvalue weighted by atomic mass is 16.5. The summed E-state index contributed by atoms with van der Waals surface area (Å²) in [5, 5.41) is 4.06. The van der Waals surface area contributed by atoms with E-state index in [2.05, 4.69) is 22.1 Å². The van der Waals surface area contributed by atoms with Crippen molar-refractivity contribution in [3.05, 3.63) is 30.2 Å². The molecule has 0 amide bonds. The third-order valence-electron chi connectivity index (χ3n) is 3.77. The molecule has 3 rings (SSSR count). The highest BCUT2D eigenvalue weighted by Crippen LogP contribution is 2.22. The Kier molecular flexibility index (Phi) is 3.69. The maximum Gasteiger partial charge on any atom is 0.227 e. The lowest BCUT2D eigenvalue weighted by Gasteiger charge is -2.06. The van der Waals surface area contributed by atoms with Crippen molar-refractivity contribution in [2.24, 2.45) is 5.92 Å². The molecule has 1 unspecified atom stereocenters. The molecule has 20 heavy (non-hydrogen) atoms. The van der Waals surface area contributed by atoms with Gasteiger partial charge < -0.3 is 14.2 Å². The first-order valence-electron chi connectivity index (χ1n) is 6.90. The zero-order valence-corrected chi connectivity index (χ0v) is 11.9. The van der Waals surface area contributed by atoms with Gasteiger partial charge in [0.1, 0.15) is 5.75 Å². The van der Waals surface area contributed by atoms with Gasteiger partial charge in [-0.3, -0.25) is 0 Å². The van der Waals surface area contributed by atoms with Gasteiger partial charge in [0.05, 0.1) is 7.11 Å². The lowest BCUT2D eigenvalue weighted by atomic mass is 10.1. The normalized spacial score (nSPS) is 19.4. The number of benzene rings is 1. The first-order valence-corrected chi connectivity index (χ1v) is 6.90. The molecule has 0 bridgehead atoms. The Hall–Kier alpha value is -1.88. The summed E-state index contributed by atoms with van der Waals surface area (Å²) < 4.78 is 10.5. The SMILES string of the molecule is COc1ccc(-c2noc(CC3CCN(C)C3)n2)cc1. The van der Waals surface area contributed by atoms with Gasteiger partial charge in [-0.25, -0.2) is 0 Å². The van der Waals surface area contributed by atoms with Crippen molar-refractivity contribution in [1.29, 1.82) is 0 Å². The molecule has 1 aliphatic rings. The topological polar surface area (TPSA) is 51.4 Å². The van der Waals surface area contributed by atoms with E-state index in [-0.39, 0.29) is 0 Å². The Labute approximate surface area is 118 Å². The smallest absolute Gasteiger partial charge is 0.227 e. The molecule has 1 aromatic carbocycles. The Balaban J connectivity index is 1.69. The standard InChI is InChI=1S/C15H19N3O2/c1-18-8-7-11(10-18)9-14-16-15(17-20-14)12-3-5-13(19-2)6-4-12/h3-6,11H,7-10H2,1-2H3. The van der Waals surface area contributed by atoms with E-state index in [4.69, 9.17) is 9.26 Å². The number of likely N-dealkylation sites (tertiary alicyclic amines) is 1. The first-order chi connectivity index (χ1) is 9.74. The van der Waals surface area contributed by atoms with Crippen LogP contribution in [0.5, 0.6) is 5.75 Å². The van der Waals surface area contributed by atoms with Crippen LogP contribution in [0.15, 0.2) is 28.8 Å². The summed E-state index contributed by atoms with van der Waals surface area (Å²) in [5.41, 5.74) is 0.948. The van der Waals surface area contributed by atoms with Crippen LogP contribution in [0.3, 0.4) is 0 Å². The molecule has 2 heterocycles. The molecule has 5 heteroatoms. The summed E-state index contributed by atoms with van der Waals surface area (Å²) in [6.45, 7) is 2.27. The number of rotatable bonds is 4. The van der Waals surface area contributed by atoms with Gasteiger partial charge in [0.25, 0.3) is 0 Å². The largest absolute Gasteiger partial charge is 0.497 e. The van der Waals surface area contributed by atoms with Crippen LogP contribution >= 0.6 is 0 Å². The molecule has 1 saturated heterocycles. The van der Waals surface area contributed by atoms with E-state index in [1.165, 1.54) is 6.42 Å². The number of aromatic nitrogens is 2. The van der Waals surface area contributed by atoms with E-state index < -0.39 is 0 Å². The minimum Gasteiger partial charge on any atom is -0.497 e. The van der Waals surface area contributed by atoms with Crippen molar-refractivity contribution in [2.75, 3.05) is 27.2 Å². The fourth-order valence-corrected chi connectivity index (χ4v) is 2.63. The molecule has 0 spiro atoms. The molecular weight excluding hydrogens is 254 g/mol. The van der Waals surface area contributed by atoms with Gasteiger partial charge in [0.15, 0.2) is 0 Å². The Morgan fingerprint density at radius 3 is 2.80 bits per heavy atom. The van der Waals surface area contributed by atoms with Crippen LogP contribution in [0.25, 0.3) is 11.4 Å². The van der Waals surface area contributed by atoms with E-state index in [9.17, 15) is 0 Å². The Bertz CT molecular complexity index is 565. The van der Waals surface area contributed by atoms with E-state index in [0.717, 1.165) is 36.7 Å². The van der Waals surface area contributed by atoms with Gasteiger partial charge in [0, 0.05) is 18.5 Å². The maximum atomic E-state index is 5.36. The van der Waals surface area contributed by atoms with Crippen molar-refractivity contribution in [1.82, 2.24) is 15.0 Å². The molecule has 0 saturated carbocycles. The van der Waals surface area contributed by atoms with E-state index in [1.807, 2.05) is 24.3 Å². The lowest BCUT2D eigenvalue weighted by Crippen LogP contribution is -2.15. The second-order valence-electron chi connectivity index (χ2n) is 5.36. The molecule has 2 aromatic rings. The molecular formula is C15H19N3O2. The van der Waals surface area contributed by atoms with Crippen LogP contribution in [0.1, 0.15) is 12.3 Å². The van der Waals surface area contributed by atoms with Crippen LogP contribution in [0.4, 0.5) is 0 Å². The maximum absolute atomic E-state index is 5.36. The van der Waals surface area contributed by atoms with Gasteiger partial charge in [-0.05, 0) is 50.2 Å². The van der Waals surface area contributed by atoms with Crippen LogP contribution in [0, 0.1) is 5.92 Å². The quantitative estimate of drug-likeness (QED) is 0.855. The van der Waals surface area contributed by atoms with Gasteiger partial charge in [-0.2, -0.15) is 4.98 Å². The van der Waals surface area contributed by atoms with Crippen LogP contribution < -0.4 is 4.74 Å². The van der Waals surface area contributed by atoms with Crippen LogP contribution in [0.2, 0.25) is 0 Å². The fraction of sp³-hybridized carbons (Fsp3) is 0.467. The molecule has 5 nitrogen and oxygen atoms in total.